The molecule has 1 saturated carbocycles. The molecule has 1 fully saturated rings. The molecule has 0 N–H and O–H groups in total. The lowest BCUT2D eigenvalue weighted by Gasteiger charge is -2.28. The Balaban J connectivity index is 2.33. The van der Waals surface area contributed by atoms with Crippen LogP contribution in [0, 0.1) is 11.8 Å². The molecule has 0 amide bonds. The topological polar surface area (TPSA) is 52.6 Å². The lowest BCUT2D eigenvalue weighted by molar-refractivity contribution is -0.163. The number of rotatable bonds is 12. The van der Waals surface area contributed by atoms with Crippen molar-refractivity contribution in [2.45, 2.75) is 90.9 Å². The van der Waals surface area contributed by atoms with Gasteiger partial charge in [-0.15, -0.1) is 0 Å². The fraction of sp³-hybridized carbons (Fsp3) is 0.900. The summed E-state index contributed by atoms with van der Waals surface area (Å²) in [5.41, 5.74) is 0. The molecule has 1 rings (SSSR count). The van der Waals surface area contributed by atoms with E-state index in [4.69, 9.17) is 9.47 Å². The van der Waals surface area contributed by atoms with Crippen LogP contribution in [-0.2, 0) is 19.1 Å². The highest BCUT2D eigenvalue weighted by Crippen LogP contribution is 2.32. The minimum absolute atomic E-state index is 0.194. The van der Waals surface area contributed by atoms with Gasteiger partial charge in [-0.25, -0.2) is 0 Å². The highest BCUT2D eigenvalue weighted by atomic mass is 16.5. The summed E-state index contributed by atoms with van der Waals surface area (Å²) < 4.78 is 10.8. The monoisotopic (exact) mass is 340 g/mol. The predicted octanol–water partition coefficient (Wildman–Crippen LogP) is 5.04. The first-order chi connectivity index (χ1) is 11.7. The van der Waals surface area contributed by atoms with Crippen LogP contribution in [0.15, 0.2) is 0 Å². The van der Waals surface area contributed by atoms with Gasteiger partial charge in [0.05, 0.1) is 25.0 Å². The molecular formula is C20H36O4. The van der Waals surface area contributed by atoms with Crippen molar-refractivity contribution < 1.29 is 19.1 Å². The lowest BCUT2D eigenvalue weighted by atomic mass is 9.79. The third-order valence-electron chi connectivity index (χ3n) is 4.86. The van der Waals surface area contributed by atoms with E-state index in [-0.39, 0.29) is 23.8 Å². The maximum absolute atomic E-state index is 12.3. The molecule has 4 heteroatoms. The molecule has 0 radical (unpaired) electrons. The zero-order valence-electron chi connectivity index (χ0n) is 15.7. The molecule has 4 nitrogen and oxygen atoms in total. The van der Waals surface area contributed by atoms with Crippen molar-refractivity contribution in [2.24, 2.45) is 11.8 Å². The molecule has 0 aliphatic heterocycles. The van der Waals surface area contributed by atoms with Gasteiger partial charge < -0.3 is 9.47 Å². The smallest absolute Gasteiger partial charge is 0.309 e. The molecule has 2 atom stereocenters. The van der Waals surface area contributed by atoms with Crippen LogP contribution >= 0.6 is 0 Å². The normalized spacial score (nSPS) is 20.6. The fourth-order valence-electron chi connectivity index (χ4n) is 3.31. The van der Waals surface area contributed by atoms with Gasteiger partial charge in [-0.2, -0.15) is 0 Å². The number of unbranched alkanes of at least 4 members (excludes halogenated alkanes) is 6. The van der Waals surface area contributed by atoms with Crippen LogP contribution in [0.25, 0.3) is 0 Å². The van der Waals surface area contributed by atoms with Crippen LogP contribution in [0.5, 0.6) is 0 Å². The van der Waals surface area contributed by atoms with Crippen LogP contribution < -0.4 is 0 Å². The summed E-state index contributed by atoms with van der Waals surface area (Å²) in [7, 11) is 0. The van der Waals surface area contributed by atoms with Crippen molar-refractivity contribution in [3.8, 4) is 0 Å². The summed E-state index contributed by atoms with van der Waals surface area (Å²) in [6, 6.07) is 0. The van der Waals surface area contributed by atoms with E-state index in [2.05, 4.69) is 13.8 Å². The van der Waals surface area contributed by atoms with Gasteiger partial charge in [0, 0.05) is 0 Å². The molecule has 0 aromatic rings. The molecule has 1 aliphatic rings. The van der Waals surface area contributed by atoms with Gasteiger partial charge in [-0.1, -0.05) is 65.2 Å². The second kappa shape index (κ2) is 13.3. The van der Waals surface area contributed by atoms with E-state index in [1.807, 2.05) is 0 Å². The third-order valence-corrected chi connectivity index (χ3v) is 4.86. The van der Waals surface area contributed by atoms with Gasteiger partial charge in [0.15, 0.2) is 0 Å². The summed E-state index contributed by atoms with van der Waals surface area (Å²) in [6.07, 6.45) is 12.3. The molecule has 24 heavy (non-hydrogen) atoms. The minimum Gasteiger partial charge on any atom is -0.465 e. The second-order valence-electron chi connectivity index (χ2n) is 6.95. The van der Waals surface area contributed by atoms with Crippen LogP contribution in [0.1, 0.15) is 90.9 Å². The van der Waals surface area contributed by atoms with Crippen molar-refractivity contribution in [1.29, 1.82) is 0 Å². The number of esters is 2. The van der Waals surface area contributed by atoms with Crippen molar-refractivity contribution >= 4 is 11.9 Å². The van der Waals surface area contributed by atoms with Crippen molar-refractivity contribution in [3.05, 3.63) is 0 Å². The van der Waals surface area contributed by atoms with E-state index < -0.39 is 0 Å². The van der Waals surface area contributed by atoms with Crippen molar-refractivity contribution in [1.82, 2.24) is 0 Å². The van der Waals surface area contributed by atoms with Crippen LogP contribution in [-0.4, -0.2) is 25.2 Å². The highest BCUT2D eigenvalue weighted by molar-refractivity contribution is 5.82. The van der Waals surface area contributed by atoms with E-state index in [0.717, 1.165) is 57.8 Å². The van der Waals surface area contributed by atoms with Gasteiger partial charge in [0.1, 0.15) is 0 Å². The Morgan fingerprint density at radius 1 is 0.708 bits per heavy atom. The summed E-state index contributed by atoms with van der Waals surface area (Å²) in [4.78, 5) is 24.6. The molecule has 0 bridgehead atoms. The molecule has 0 saturated heterocycles. The SMILES string of the molecule is CCCCCCCOC(=O)C1CCCCC1C(=O)OCCCCC. The molecule has 0 heterocycles. The first-order valence-corrected chi connectivity index (χ1v) is 10.0. The van der Waals surface area contributed by atoms with Gasteiger partial charge in [0.2, 0.25) is 0 Å². The number of carbonyl (C=O) groups excluding carboxylic acids is 2. The van der Waals surface area contributed by atoms with Crippen molar-refractivity contribution in [3.63, 3.8) is 0 Å². The van der Waals surface area contributed by atoms with E-state index in [1.54, 1.807) is 0 Å². The van der Waals surface area contributed by atoms with Gasteiger partial charge >= 0.3 is 11.9 Å². The Hall–Kier alpha value is -1.06. The maximum Gasteiger partial charge on any atom is 0.309 e. The highest BCUT2D eigenvalue weighted by Gasteiger charge is 2.37. The van der Waals surface area contributed by atoms with Gasteiger partial charge in [-0.3, -0.25) is 9.59 Å². The van der Waals surface area contributed by atoms with E-state index in [9.17, 15) is 9.59 Å². The Morgan fingerprint density at radius 2 is 1.12 bits per heavy atom. The average Bonchev–Trinajstić information content (AvgIpc) is 2.61. The zero-order chi connectivity index (χ0) is 17.6. The quantitative estimate of drug-likeness (QED) is 0.369. The Bertz CT molecular complexity index is 354. The van der Waals surface area contributed by atoms with Gasteiger partial charge in [0.25, 0.3) is 0 Å². The lowest BCUT2D eigenvalue weighted by Crippen LogP contribution is -2.35. The summed E-state index contributed by atoms with van der Waals surface area (Å²) in [5.74, 6) is -0.988. The van der Waals surface area contributed by atoms with Crippen LogP contribution in [0.2, 0.25) is 0 Å². The first-order valence-electron chi connectivity index (χ1n) is 10.0. The third kappa shape index (κ3) is 8.16. The zero-order valence-corrected chi connectivity index (χ0v) is 15.7. The minimum atomic E-state index is -0.298. The predicted molar refractivity (Wildman–Crippen MR) is 95.7 cm³/mol. The van der Waals surface area contributed by atoms with E-state index in [1.165, 1.54) is 19.3 Å². The summed E-state index contributed by atoms with van der Waals surface area (Å²) in [6.45, 7) is 5.27. The number of hydrogen-bond donors (Lipinski definition) is 0. The number of carbonyl (C=O) groups is 2. The van der Waals surface area contributed by atoms with Crippen LogP contribution in [0.4, 0.5) is 0 Å². The molecule has 140 valence electrons. The Labute approximate surface area is 147 Å². The van der Waals surface area contributed by atoms with E-state index >= 15 is 0 Å². The molecule has 0 aromatic heterocycles. The van der Waals surface area contributed by atoms with Crippen LogP contribution in [0.3, 0.4) is 0 Å². The Morgan fingerprint density at radius 3 is 1.62 bits per heavy atom. The molecule has 2 unspecified atom stereocenters. The number of hydrogen-bond acceptors (Lipinski definition) is 4. The summed E-state index contributed by atoms with van der Waals surface area (Å²) in [5, 5.41) is 0. The average molecular weight is 341 g/mol. The summed E-state index contributed by atoms with van der Waals surface area (Å²) >= 11 is 0. The largest absolute Gasteiger partial charge is 0.465 e. The maximum atomic E-state index is 12.3. The molecule has 1 aliphatic carbocycles. The molecular weight excluding hydrogens is 304 g/mol. The second-order valence-corrected chi connectivity index (χ2v) is 6.95. The number of ether oxygens (including phenoxy) is 2. The molecule has 0 spiro atoms. The first kappa shape index (κ1) is 21.0. The standard InChI is InChI=1S/C20H36O4/c1-3-5-7-8-12-16-24-20(22)18-14-10-9-13-17(18)19(21)23-15-11-6-4-2/h17-18H,3-16H2,1-2H3. The van der Waals surface area contributed by atoms with Gasteiger partial charge in [-0.05, 0) is 25.7 Å². The fourth-order valence-corrected chi connectivity index (χ4v) is 3.31. The van der Waals surface area contributed by atoms with Crippen molar-refractivity contribution in [2.75, 3.05) is 13.2 Å². The Kier molecular flexibility index (Phi) is 11.6. The van der Waals surface area contributed by atoms with E-state index in [0.29, 0.717) is 13.2 Å². The molecule has 0 aromatic carbocycles.